The van der Waals surface area contributed by atoms with Gasteiger partial charge < -0.3 is 20.4 Å². The van der Waals surface area contributed by atoms with Gasteiger partial charge in [-0.15, -0.1) is 0 Å². The van der Waals surface area contributed by atoms with Crippen LogP contribution >= 0.6 is 0 Å². The van der Waals surface area contributed by atoms with Crippen molar-refractivity contribution in [3.05, 3.63) is 150 Å². The molecular formula is C33H26N8. The number of hydrogen-bond acceptors (Lipinski definition) is 6. The minimum absolute atomic E-state index is 0.805. The van der Waals surface area contributed by atoms with Gasteiger partial charge >= 0.3 is 0 Å². The molecule has 5 heterocycles. The smallest absolute Gasteiger partial charge is 0.141 e. The molecule has 5 aromatic rings. The number of rotatable bonds is 3. The third-order valence-corrected chi connectivity index (χ3v) is 7.40. The zero-order valence-electron chi connectivity index (χ0n) is 22.3. The molecule has 0 radical (unpaired) electrons. The zero-order valence-corrected chi connectivity index (χ0v) is 22.3. The maximum absolute atomic E-state index is 5.11. The molecule has 3 aliphatic heterocycles. The first-order chi connectivity index (χ1) is 20.2. The number of hydrogen-bond donors (Lipinski definition) is 2. The summed E-state index contributed by atoms with van der Waals surface area (Å²) in [6, 6.07) is 30.9. The van der Waals surface area contributed by atoms with Gasteiger partial charge in [-0.3, -0.25) is 9.13 Å². The van der Waals surface area contributed by atoms with Gasteiger partial charge in [0.2, 0.25) is 0 Å². The van der Waals surface area contributed by atoms with Crippen LogP contribution in [0, 0.1) is 0 Å². The van der Waals surface area contributed by atoms with Crippen molar-refractivity contribution in [3.8, 4) is 11.4 Å². The molecule has 0 saturated heterocycles. The summed E-state index contributed by atoms with van der Waals surface area (Å²) < 4.78 is 4.24. The predicted octanol–water partition coefficient (Wildman–Crippen LogP) is 5.61. The van der Waals surface area contributed by atoms with Crippen molar-refractivity contribution in [1.82, 2.24) is 34.6 Å². The lowest BCUT2D eigenvalue weighted by Gasteiger charge is -2.18. The van der Waals surface area contributed by atoms with Crippen LogP contribution in [0.3, 0.4) is 0 Å². The fourth-order valence-electron chi connectivity index (χ4n) is 5.34. The number of anilines is 1. The first-order valence-electron chi connectivity index (χ1n) is 13.5. The predicted molar refractivity (Wildman–Crippen MR) is 162 cm³/mol. The second kappa shape index (κ2) is 9.17. The van der Waals surface area contributed by atoms with Gasteiger partial charge in [-0.1, -0.05) is 54.6 Å². The second-order valence-electron chi connectivity index (χ2n) is 10.1. The molecule has 8 bridgehead atoms. The molecule has 0 atom stereocenters. The van der Waals surface area contributed by atoms with E-state index >= 15 is 0 Å². The SMILES string of the molecule is CN1C=C2NC1=Cc1nc(cn1-c1ccccc1)C1=CN(c3ccccc3)C(=Cc3nc2cn3-c2ccccc2)N1. The summed E-state index contributed by atoms with van der Waals surface area (Å²) in [6.45, 7) is 0. The lowest BCUT2D eigenvalue weighted by atomic mass is 10.3. The van der Waals surface area contributed by atoms with E-state index in [2.05, 4.69) is 103 Å². The summed E-state index contributed by atoms with van der Waals surface area (Å²) >= 11 is 0. The Morgan fingerprint density at radius 3 is 1.56 bits per heavy atom. The molecule has 3 aliphatic rings. The monoisotopic (exact) mass is 534 g/mol. The fourth-order valence-corrected chi connectivity index (χ4v) is 5.34. The molecule has 2 N–H and O–H groups in total. The van der Waals surface area contributed by atoms with E-state index in [9.17, 15) is 0 Å². The Morgan fingerprint density at radius 2 is 1.00 bits per heavy atom. The molecule has 0 spiro atoms. The molecule has 0 amide bonds. The standard InChI is InChI=1S/C33H26N8/c1-38-19-26-27-20-40(24-13-7-3-8-14-24)32(35-27)18-33-37-29(22-41(33)25-15-9-4-10-16-25)28-21-39(23-11-5-2-6-12-23)31(36-28)17-30(38)34-26/h2-22,34,37H,1H3. The average Bonchev–Trinajstić information content (AvgIpc) is 3.80. The van der Waals surface area contributed by atoms with Gasteiger partial charge in [0.05, 0.1) is 11.4 Å². The first kappa shape index (κ1) is 23.2. The molecule has 198 valence electrons. The number of fused-ring (bicyclic) bond motifs is 10. The maximum atomic E-state index is 5.11. The molecular weight excluding hydrogens is 508 g/mol. The van der Waals surface area contributed by atoms with Gasteiger partial charge in [-0.05, 0) is 36.4 Å². The minimum Gasteiger partial charge on any atom is -0.339 e. The van der Waals surface area contributed by atoms with E-state index in [-0.39, 0.29) is 0 Å². The van der Waals surface area contributed by atoms with E-state index in [1.807, 2.05) is 61.6 Å². The van der Waals surface area contributed by atoms with Crippen molar-refractivity contribution < 1.29 is 0 Å². The molecule has 41 heavy (non-hydrogen) atoms. The van der Waals surface area contributed by atoms with E-state index in [0.717, 1.165) is 63.1 Å². The van der Waals surface area contributed by atoms with E-state index in [1.165, 1.54) is 0 Å². The van der Waals surface area contributed by atoms with Crippen LogP contribution in [0.5, 0.6) is 0 Å². The highest BCUT2D eigenvalue weighted by atomic mass is 15.3. The normalized spacial score (nSPS) is 15.3. The van der Waals surface area contributed by atoms with Crippen LogP contribution < -0.4 is 15.5 Å². The molecule has 0 aliphatic carbocycles. The average molecular weight is 535 g/mol. The molecule has 3 aromatic carbocycles. The summed E-state index contributed by atoms with van der Waals surface area (Å²) in [5.41, 5.74) is 6.61. The summed E-state index contributed by atoms with van der Waals surface area (Å²) in [5.74, 6) is 3.42. The van der Waals surface area contributed by atoms with Crippen molar-refractivity contribution in [1.29, 1.82) is 0 Å². The Balaban J connectivity index is 1.36. The topological polar surface area (TPSA) is 66.2 Å². The van der Waals surface area contributed by atoms with Crippen molar-refractivity contribution in [3.63, 3.8) is 0 Å². The zero-order chi connectivity index (χ0) is 27.3. The van der Waals surface area contributed by atoms with Gasteiger partial charge in [0.25, 0.3) is 0 Å². The molecule has 8 rings (SSSR count). The Morgan fingerprint density at radius 1 is 0.537 bits per heavy atom. The Hall–Kier alpha value is -5.76. The van der Waals surface area contributed by atoms with E-state index in [0.29, 0.717) is 0 Å². The van der Waals surface area contributed by atoms with E-state index < -0.39 is 0 Å². The molecule has 2 aromatic heterocycles. The molecule has 8 heteroatoms. The van der Waals surface area contributed by atoms with Crippen LogP contribution in [0.25, 0.3) is 34.9 Å². The van der Waals surface area contributed by atoms with Crippen LogP contribution in [0.2, 0.25) is 0 Å². The second-order valence-corrected chi connectivity index (χ2v) is 10.1. The number of aromatic nitrogens is 4. The number of nitrogens with one attached hydrogen (secondary N) is 2. The number of imidazole rings is 2. The summed E-state index contributed by atoms with van der Waals surface area (Å²) in [5, 5.41) is 7.22. The third kappa shape index (κ3) is 4.01. The van der Waals surface area contributed by atoms with Gasteiger partial charge in [-0.25, -0.2) is 9.97 Å². The number of para-hydroxylation sites is 3. The van der Waals surface area contributed by atoms with Crippen LogP contribution in [-0.2, 0) is 0 Å². The molecule has 0 unspecified atom stereocenters. The molecule has 8 nitrogen and oxygen atoms in total. The van der Waals surface area contributed by atoms with Crippen molar-refractivity contribution in [2.75, 3.05) is 11.9 Å². The quantitative estimate of drug-likeness (QED) is 0.314. The summed E-state index contributed by atoms with van der Waals surface area (Å²) in [6.07, 6.45) is 12.5. The van der Waals surface area contributed by atoms with Gasteiger partial charge in [0, 0.05) is 61.1 Å². The van der Waals surface area contributed by atoms with Crippen molar-refractivity contribution in [2.45, 2.75) is 0 Å². The van der Waals surface area contributed by atoms with Crippen molar-refractivity contribution >= 4 is 29.2 Å². The highest BCUT2D eigenvalue weighted by Crippen LogP contribution is 2.32. The third-order valence-electron chi connectivity index (χ3n) is 7.40. The van der Waals surface area contributed by atoms with Crippen molar-refractivity contribution in [2.24, 2.45) is 0 Å². The van der Waals surface area contributed by atoms with Crippen LogP contribution in [0.4, 0.5) is 5.69 Å². The van der Waals surface area contributed by atoms with Gasteiger partial charge in [-0.2, -0.15) is 0 Å². The van der Waals surface area contributed by atoms with Crippen LogP contribution in [-0.4, -0.2) is 31.0 Å². The highest BCUT2D eigenvalue weighted by Gasteiger charge is 2.26. The largest absolute Gasteiger partial charge is 0.339 e. The maximum Gasteiger partial charge on any atom is 0.141 e. The summed E-state index contributed by atoms with van der Waals surface area (Å²) in [7, 11) is 2.03. The van der Waals surface area contributed by atoms with Gasteiger partial charge in [0.1, 0.15) is 34.7 Å². The highest BCUT2D eigenvalue weighted by molar-refractivity contribution is 5.79. The fraction of sp³-hybridized carbons (Fsp3) is 0.0303. The minimum atomic E-state index is 0.805. The Kier molecular flexibility index (Phi) is 5.18. The Bertz CT molecular complexity index is 1890. The lowest BCUT2D eigenvalue weighted by Crippen LogP contribution is -2.18. The van der Waals surface area contributed by atoms with E-state index in [1.54, 1.807) is 0 Å². The summed E-state index contributed by atoms with van der Waals surface area (Å²) in [4.78, 5) is 14.4. The van der Waals surface area contributed by atoms with Crippen LogP contribution in [0.15, 0.2) is 127 Å². The van der Waals surface area contributed by atoms with Gasteiger partial charge in [0.15, 0.2) is 0 Å². The number of benzene rings is 3. The molecule has 0 fully saturated rings. The molecule has 0 saturated carbocycles. The number of nitrogens with zero attached hydrogens (tertiary/aromatic N) is 6. The van der Waals surface area contributed by atoms with E-state index in [4.69, 9.17) is 9.97 Å². The van der Waals surface area contributed by atoms with Crippen LogP contribution in [0.1, 0.15) is 23.0 Å². The lowest BCUT2D eigenvalue weighted by molar-refractivity contribution is 0.575. The first-order valence-corrected chi connectivity index (χ1v) is 13.5. The Labute approximate surface area is 237 Å².